The summed E-state index contributed by atoms with van der Waals surface area (Å²) in [5, 5.41) is 0. The van der Waals surface area contributed by atoms with Gasteiger partial charge in [-0.25, -0.2) is 0 Å². The van der Waals surface area contributed by atoms with Crippen molar-refractivity contribution in [2.24, 2.45) is 0 Å². The lowest BCUT2D eigenvalue weighted by molar-refractivity contribution is 0.0846. The SMILES string of the molecule is C/C=C\O[C@@H]1CCCC[C@H]1c1ccccc1. The van der Waals surface area contributed by atoms with Crippen LogP contribution in [0.1, 0.15) is 44.1 Å². The first-order chi connectivity index (χ1) is 7.92. The van der Waals surface area contributed by atoms with Gasteiger partial charge in [-0.3, -0.25) is 0 Å². The molecule has 0 N–H and O–H groups in total. The maximum absolute atomic E-state index is 5.82. The van der Waals surface area contributed by atoms with Gasteiger partial charge in [-0.05, 0) is 31.7 Å². The van der Waals surface area contributed by atoms with Crippen molar-refractivity contribution in [2.75, 3.05) is 0 Å². The van der Waals surface area contributed by atoms with Gasteiger partial charge >= 0.3 is 0 Å². The molecule has 1 nitrogen and oxygen atoms in total. The molecule has 0 bridgehead atoms. The highest BCUT2D eigenvalue weighted by molar-refractivity contribution is 5.21. The zero-order valence-corrected chi connectivity index (χ0v) is 9.93. The molecule has 86 valence electrons. The minimum absolute atomic E-state index is 0.368. The van der Waals surface area contributed by atoms with Crippen LogP contribution in [-0.4, -0.2) is 6.10 Å². The second-order valence-corrected chi connectivity index (χ2v) is 4.45. The van der Waals surface area contributed by atoms with Crippen LogP contribution in [0, 0.1) is 0 Å². The molecule has 2 atom stereocenters. The molecule has 0 aliphatic heterocycles. The fourth-order valence-electron chi connectivity index (χ4n) is 2.52. The van der Waals surface area contributed by atoms with Gasteiger partial charge in [0.15, 0.2) is 0 Å². The third kappa shape index (κ3) is 2.66. The Morgan fingerprint density at radius 2 is 1.88 bits per heavy atom. The van der Waals surface area contributed by atoms with Gasteiger partial charge in [0.2, 0.25) is 0 Å². The summed E-state index contributed by atoms with van der Waals surface area (Å²) in [5.74, 6) is 0.575. The average Bonchev–Trinajstić information content (AvgIpc) is 2.38. The zero-order chi connectivity index (χ0) is 11.2. The maximum Gasteiger partial charge on any atom is 0.105 e. The molecule has 2 rings (SSSR count). The molecule has 0 unspecified atom stereocenters. The molecular formula is C15H20O. The molecule has 1 aliphatic carbocycles. The zero-order valence-electron chi connectivity index (χ0n) is 9.93. The van der Waals surface area contributed by atoms with Gasteiger partial charge in [0.05, 0.1) is 6.26 Å². The van der Waals surface area contributed by atoms with Crippen molar-refractivity contribution in [1.29, 1.82) is 0 Å². The molecule has 1 fully saturated rings. The minimum atomic E-state index is 0.368. The Balaban J connectivity index is 2.10. The molecule has 0 spiro atoms. The molecule has 0 saturated heterocycles. The van der Waals surface area contributed by atoms with E-state index in [4.69, 9.17) is 4.74 Å². The molecule has 0 aromatic heterocycles. The lowest BCUT2D eigenvalue weighted by Crippen LogP contribution is -2.24. The van der Waals surface area contributed by atoms with Crippen molar-refractivity contribution < 1.29 is 4.74 Å². The van der Waals surface area contributed by atoms with Gasteiger partial charge in [0.1, 0.15) is 6.10 Å². The Labute approximate surface area is 98.1 Å². The Kier molecular flexibility index (Phi) is 4.03. The van der Waals surface area contributed by atoms with E-state index in [1.807, 2.05) is 19.3 Å². The highest BCUT2D eigenvalue weighted by Crippen LogP contribution is 2.34. The summed E-state index contributed by atoms with van der Waals surface area (Å²) in [6, 6.07) is 10.8. The summed E-state index contributed by atoms with van der Waals surface area (Å²) in [6.07, 6.45) is 9.24. The first-order valence-corrected chi connectivity index (χ1v) is 6.23. The van der Waals surface area contributed by atoms with Crippen LogP contribution in [0.5, 0.6) is 0 Å². The molecule has 0 radical (unpaired) electrons. The molecule has 0 amide bonds. The quantitative estimate of drug-likeness (QED) is 0.686. The standard InChI is InChI=1S/C15H20O/c1-2-12-16-15-11-7-6-10-14(15)13-8-4-3-5-9-13/h2-5,8-9,12,14-15H,6-7,10-11H2,1H3/b12-2-/t14-,15+/m0/s1. The van der Waals surface area contributed by atoms with Crippen molar-refractivity contribution in [3.63, 3.8) is 0 Å². The predicted molar refractivity (Wildman–Crippen MR) is 67.3 cm³/mol. The van der Waals surface area contributed by atoms with E-state index in [-0.39, 0.29) is 0 Å². The number of rotatable bonds is 3. The number of hydrogen-bond donors (Lipinski definition) is 0. The van der Waals surface area contributed by atoms with E-state index in [0.717, 1.165) is 0 Å². The molecule has 0 heterocycles. The van der Waals surface area contributed by atoms with E-state index in [1.165, 1.54) is 31.2 Å². The monoisotopic (exact) mass is 216 g/mol. The van der Waals surface area contributed by atoms with Gasteiger partial charge < -0.3 is 4.74 Å². The number of allylic oxidation sites excluding steroid dienone is 1. The van der Waals surface area contributed by atoms with E-state index in [0.29, 0.717) is 12.0 Å². The highest BCUT2D eigenvalue weighted by Gasteiger charge is 2.26. The summed E-state index contributed by atoms with van der Waals surface area (Å²) >= 11 is 0. The van der Waals surface area contributed by atoms with E-state index in [9.17, 15) is 0 Å². The molecule has 16 heavy (non-hydrogen) atoms. The van der Waals surface area contributed by atoms with Crippen molar-refractivity contribution in [2.45, 2.75) is 44.6 Å². The molecule has 1 saturated carbocycles. The fourth-order valence-corrected chi connectivity index (χ4v) is 2.52. The third-order valence-corrected chi connectivity index (χ3v) is 3.32. The Hall–Kier alpha value is -1.24. The van der Waals surface area contributed by atoms with Crippen LogP contribution in [-0.2, 0) is 4.74 Å². The topological polar surface area (TPSA) is 9.23 Å². The summed E-state index contributed by atoms with van der Waals surface area (Å²) in [6.45, 7) is 2.00. The molecule has 1 heteroatoms. The van der Waals surface area contributed by atoms with Gasteiger partial charge in [-0.1, -0.05) is 42.8 Å². The van der Waals surface area contributed by atoms with Crippen molar-refractivity contribution in [1.82, 2.24) is 0 Å². The molecular weight excluding hydrogens is 196 g/mol. The smallest absolute Gasteiger partial charge is 0.105 e. The fraction of sp³-hybridized carbons (Fsp3) is 0.467. The normalized spacial score (nSPS) is 25.8. The van der Waals surface area contributed by atoms with Crippen molar-refractivity contribution in [3.05, 3.63) is 48.2 Å². The first-order valence-electron chi connectivity index (χ1n) is 6.23. The molecule has 1 aliphatic rings. The van der Waals surface area contributed by atoms with Gasteiger partial charge in [0.25, 0.3) is 0 Å². The summed E-state index contributed by atoms with van der Waals surface area (Å²) < 4.78 is 5.82. The summed E-state index contributed by atoms with van der Waals surface area (Å²) in [5.41, 5.74) is 1.43. The van der Waals surface area contributed by atoms with E-state index in [1.54, 1.807) is 0 Å². The van der Waals surface area contributed by atoms with Crippen molar-refractivity contribution >= 4 is 0 Å². The molecule has 1 aromatic carbocycles. The van der Waals surface area contributed by atoms with Crippen LogP contribution >= 0.6 is 0 Å². The molecule has 1 aromatic rings. The minimum Gasteiger partial charge on any atom is -0.498 e. The number of benzene rings is 1. The van der Waals surface area contributed by atoms with E-state index < -0.39 is 0 Å². The summed E-state index contributed by atoms with van der Waals surface area (Å²) in [7, 11) is 0. The Bertz CT molecular complexity index is 329. The van der Waals surface area contributed by atoms with E-state index in [2.05, 4.69) is 30.3 Å². The third-order valence-electron chi connectivity index (χ3n) is 3.32. The second-order valence-electron chi connectivity index (χ2n) is 4.45. The van der Waals surface area contributed by atoms with Crippen LogP contribution < -0.4 is 0 Å². The van der Waals surface area contributed by atoms with Crippen LogP contribution in [0.25, 0.3) is 0 Å². The van der Waals surface area contributed by atoms with Gasteiger partial charge in [0, 0.05) is 5.92 Å². The van der Waals surface area contributed by atoms with Crippen LogP contribution in [0.2, 0.25) is 0 Å². The predicted octanol–water partition coefficient (Wildman–Crippen LogP) is 4.26. The Morgan fingerprint density at radius 1 is 1.12 bits per heavy atom. The number of hydrogen-bond acceptors (Lipinski definition) is 1. The second kappa shape index (κ2) is 5.74. The van der Waals surface area contributed by atoms with Crippen molar-refractivity contribution in [3.8, 4) is 0 Å². The lowest BCUT2D eigenvalue weighted by atomic mass is 9.81. The highest BCUT2D eigenvalue weighted by atomic mass is 16.5. The van der Waals surface area contributed by atoms with Crippen LogP contribution in [0.3, 0.4) is 0 Å². The van der Waals surface area contributed by atoms with Gasteiger partial charge in [-0.15, -0.1) is 0 Å². The average molecular weight is 216 g/mol. The maximum atomic E-state index is 5.82. The lowest BCUT2D eigenvalue weighted by Gasteiger charge is -2.31. The van der Waals surface area contributed by atoms with E-state index >= 15 is 0 Å². The Morgan fingerprint density at radius 3 is 2.62 bits per heavy atom. The van der Waals surface area contributed by atoms with Crippen LogP contribution in [0.4, 0.5) is 0 Å². The number of ether oxygens (including phenoxy) is 1. The summed E-state index contributed by atoms with van der Waals surface area (Å²) in [4.78, 5) is 0. The largest absolute Gasteiger partial charge is 0.498 e. The first kappa shape index (κ1) is 11.3. The van der Waals surface area contributed by atoms with Gasteiger partial charge in [-0.2, -0.15) is 0 Å². The van der Waals surface area contributed by atoms with Crippen LogP contribution in [0.15, 0.2) is 42.7 Å².